The van der Waals surface area contributed by atoms with E-state index in [1.165, 1.54) is 16.2 Å². The molecule has 1 fully saturated rings. The highest BCUT2D eigenvalue weighted by molar-refractivity contribution is 7.09. The Bertz CT molecular complexity index is 1170. The zero-order valence-electron chi connectivity index (χ0n) is 16.5. The zero-order chi connectivity index (χ0) is 21.4. The van der Waals surface area contributed by atoms with Gasteiger partial charge < -0.3 is 19.5 Å². The van der Waals surface area contributed by atoms with Crippen molar-refractivity contribution in [2.45, 2.75) is 12.6 Å². The maximum atomic E-state index is 13.1. The summed E-state index contributed by atoms with van der Waals surface area (Å²) in [6.07, 6.45) is 0. The maximum Gasteiger partial charge on any atom is 0.295 e. The van der Waals surface area contributed by atoms with Gasteiger partial charge in [-0.1, -0.05) is 36.4 Å². The van der Waals surface area contributed by atoms with Gasteiger partial charge in [-0.3, -0.25) is 9.59 Å². The molecule has 1 atom stereocenters. The molecule has 6 nitrogen and oxygen atoms in total. The predicted octanol–water partition coefficient (Wildman–Crippen LogP) is 4.14. The van der Waals surface area contributed by atoms with Crippen LogP contribution >= 0.6 is 11.3 Å². The summed E-state index contributed by atoms with van der Waals surface area (Å²) < 4.78 is 11.1. The van der Waals surface area contributed by atoms with Gasteiger partial charge in [0.1, 0.15) is 19.0 Å². The third-order valence-electron chi connectivity index (χ3n) is 5.38. The lowest BCUT2D eigenvalue weighted by Crippen LogP contribution is -2.28. The van der Waals surface area contributed by atoms with E-state index < -0.39 is 17.7 Å². The molecule has 5 rings (SSSR count). The Labute approximate surface area is 183 Å². The molecule has 0 bridgehead atoms. The molecule has 2 aliphatic rings. The van der Waals surface area contributed by atoms with Crippen molar-refractivity contribution in [3.63, 3.8) is 0 Å². The van der Waals surface area contributed by atoms with Crippen molar-refractivity contribution in [1.82, 2.24) is 4.90 Å². The summed E-state index contributed by atoms with van der Waals surface area (Å²) in [4.78, 5) is 28.5. The zero-order valence-corrected chi connectivity index (χ0v) is 17.3. The molecule has 2 aliphatic heterocycles. The summed E-state index contributed by atoms with van der Waals surface area (Å²) in [5.41, 5.74) is 1.24. The summed E-state index contributed by atoms with van der Waals surface area (Å²) in [5, 5.41) is 13.1. The standard InChI is InChI=1S/C24H19NO5S/c26-22(16-8-9-18-19(13-16)30-11-10-29-18)20-21(15-5-2-1-3-6-15)25(24(28)23(20)27)14-17-7-4-12-31-17/h1-9,12-13,21,26H,10-11,14H2/b22-20-. The summed E-state index contributed by atoms with van der Waals surface area (Å²) in [6.45, 7) is 1.16. The van der Waals surface area contributed by atoms with Crippen LogP contribution in [0.1, 0.15) is 22.0 Å². The predicted molar refractivity (Wildman–Crippen MR) is 116 cm³/mol. The van der Waals surface area contributed by atoms with E-state index >= 15 is 0 Å². The van der Waals surface area contributed by atoms with Gasteiger partial charge in [0, 0.05) is 10.4 Å². The number of rotatable bonds is 4. The number of Topliss-reactive ketones (excluding diaryl/α,β-unsaturated/α-hetero) is 1. The number of aliphatic hydroxyl groups excluding tert-OH is 1. The van der Waals surface area contributed by atoms with E-state index in [2.05, 4.69) is 0 Å². The van der Waals surface area contributed by atoms with Crippen LogP contribution in [0, 0.1) is 0 Å². The van der Waals surface area contributed by atoms with Gasteiger partial charge in [0.05, 0.1) is 18.2 Å². The van der Waals surface area contributed by atoms with Crippen LogP contribution in [-0.2, 0) is 16.1 Å². The molecule has 156 valence electrons. The number of ketones is 1. The van der Waals surface area contributed by atoms with Crippen LogP contribution in [0.25, 0.3) is 5.76 Å². The molecular weight excluding hydrogens is 414 g/mol. The van der Waals surface area contributed by atoms with Crippen LogP contribution in [0.15, 0.2) is 71.6 Å². The highest BCUT2D eigenvalue weighted by Gasteiger charge is 2.46. The Morgan fingerprint density at radius 1 is 1.00 bits per heavy atom. The Balaban J connectivity index is 1.63. The van der Waals surface area contributed by atoms with E-state index in [-0.39, 0.29) is 11.3 Å². The number of likely N-dealkylation sites (tertiary alicyclic amines) is 1. The van der Waals surface area contributed by atoms with Gasteiger partial charge in [0.15, 0.2) is 11.5 Å². The van der Waals surface area contributed by atoms with Crippen LogP contribution in [-0.4, -0.2) is 34.9 Å². The van der Waals surface area contributed by atoms with E-state index in [4.69, 9.17) is 9.47 Å². The number of nitrogens with zero attached hydrogens (tertiary/aromatic N) is 1. The molecule has 1 amide bonds. The first-order valence-electron chi connectivity index (χ1n) is 9.89. The number of hydrogen-bond donors (Lipinski definition) is 1. The van der Waals surface area contributed by atoms with Crippen LogP contribution < -0.4 is 9.47 Å². The number of carbonyl (C=O) groups excluding carboxylic acids is 2. The second-order valence-electron chi connectivity index (χ2n) is 7.28. The SMILES string of the molecule is O=C1C(=O)N(Cc2cccs2)C(c2ccccc2)/C1=C(/O)c1ccc2c(c1)OCCO2. The fourth-order valence-electron chi connectivity index (χ4n) is 3.94. The fraction of sp³-hybridized carbons (Fsp3) is 0.167. The van der Waals surface area contributed by atoms with Gasteiger partial charge >= 0.3 is 0 Å². The number of fused-ring (bicyclic) bond motifs is 1. The first-order valence-corrected chi connectivity index (χ1v) is 10.8. The van der Waals surface area contributed by atoms with Crippen molar-refractivity contribution in [2.75, 3.05) is 13.2 Å². The molecule has 3 aromatic rings. The van der Waals surface area contributed by atoms with Gasteiger partial charge in [0.25, 0.3) is 11.7 Å². The molecule has 3 heterocycles. The fourth-order valence-corrected chi connectivity index (χ4v) is 4.64. The molecular formula is C24H19NO5S. The van der Waals surface area contributed by atoms with Gasteiger partial charge in [-0.25, -0.2) is 0 Å². The van der Waals surface area contributed by atoms with Crippen molar-refractivity contribution in [3.8, 4) is 11.5 Å². The van der Waals surface area contributed by atoms with E-state index in [0.29, 0.717) is 36.8 Å². The minimum absolute atomic E-state index is 0.0735. The van der Waals surface area contributed by atoms with E-state index in [1.54, 1.807) is 18.2 Å². The van der Waals surface area contributed by atoms with E-state index in [1.807, 2.05) is 47.8 Å². The molecule has 0 saturated carbocycles. The highest BCUT2D eigenvalue weighted by Crippen LogP contribution is 2.41. The Kier molecular flexibility index (Phi) is 4.95. The Morgan fingerprint density at radius 2 is 1.77 bits per heavy atom. The van der Waals surface area contributed by atoms with Crippen molar-refractivity contribution in [3.05, 3.63) is 87.6 Å². The van der Waals surface area contributed by atoms with Crippen molar-refractivity contribution >= 4 is 28.8 Å². The van der Waals surface area contributed by atoms with Crippen molar-refractivity contribution in [1.29, 1.82) is 0 Å². The quantitative estimate of drug-likeness (QED) is 0.380. The van der Waals surface area contributed by atoms with Crippen LogP contribution in [0.5, 0.6) is 11.5 Å². The summed E-state index contributed by atoms with van der Waals surface area (Å²) in [6, 6.07) is 17.4. The van der Waals surface area contributed by atoms with Crippen LogP contribution in [0.4, 0.5) is 0 Å². The number of amides is 1. The molecule has 1 aromatic heterocycles. The summed E-state index contributed by atoms with van der Waals surface area (Å²) >= 11 is 1.52. The minimum Gasteiger partial charge on any atom is -0.507 e. The molecule has 7 heteroatoms. The highest BCUT2D eigenvalue weighted by atomic mass is 32.1. The molecule has 0 radical (unpaired) electrons. The molecule has 31 heavy (non-hydrogen) atoms. The molecule has 1 saturated heterocycles. The summed E-state index contributed by atoms with van der Waals surface area (Å²) in [5.74, 6) is -0.461. The lowest BCUT2D eigenvalue weighted by atomic mass is 9.95. The summed E-state index contributed by atoms with van der Waals surface area (Å²) in [7, 11) is 0. The van der Waals surface area contributed by atoms with Gasteiger partial charge in [0.2, 0.25) is 0 Å². The van der Waals surface area contributed by atoms with Crippen molar-refractivity contribution in [2.24, 2.45) is 0 Å². The second kappa shape index (κ2) is 7.92. The first-order chi connectivity index (χ1) is 15.1. The van der Waals surface area contributed by atoms with Gasteiger partial charge in [-0.15, -0.1) is 11.3 Å². The monoisotopic (exact) mass is 433 g/mol. The molecule has 1 N–H and O–H groups in total. The first kappa shape index (κ1) is 19.4. The van der Waals surface area contributed by atoms with Gasteiger partial charge in [-0.05, 0) is 35.2 Å². The maximum absolute atomic E-state index is 13.1. The average Bonchev–Trinajstić information content (AvgIpc) is 3.41. The number of thiophene rings is 1. The topological polar surface area (TPSA) is 76.1 Å². The Hall–Kier alpha value is -3.58. The molecule has 2 aromatic carbocycles. The lowest BCUT2D eigenvalue weighted by molar-refractivity contribution is -0.140. The third-order valence-corrected chi connectivity index (χ3v) is 6.24. The van der Waals surface area contributed by atoms with Crippen LogP contribution in [0.3, 0.4) is 0 Å². The van der Waals surface area contributed by atoms with E-state index in [9.17, 15) is 14.7 Å². The van der Waals surface area contributed by atoms with Gasteiger partial charge in [-0.2, -0.15) is 0 Å². The lowest BCUT2D eigenvalue weighted by Gasteiger charge is -2.25. The average molecular weight is 433 g/mol. The minimum atomic E-state index is -0.696. The molecule has 1 unspecified atom stereocenters. The van der Waals surface area contributed by atoms with Crippen LogP contribution in [0.2, 0.25) is 0 Å². The number of ether oxygens (including phenoxy) is 2. The Morgan fingerprint density at radius 3 is 2.52 bits per heavy atom. The second-order valence-corrected chi connectivity index (χ2v) is 8.31. The number of aliphatic hydroxyl groups is 1. The molecule has 0 aliphatic carbocycles. The number of hydrogen-bond acceptors (Lipinski definition) is 6. The van der Waals surface area contributed by atoms with E-state index in [0.717, 1.165) is 10.4 Å². The smallest absolute Gasteiger partial charge is 0.295 e. The number of benzene rings is 2. The molecule has 0 spiro atoms. The number of carbonyl (C=O) groups is 2. The third kappa shape index (κ3) is 3.47. The normalized spacial score (nSPS) is 19.6. The van der Waals surface area contributed by atoms with Crippen molar-refractivity contribution < 1.29 is 24.2 Å². The largest absolute Gasteiger partial charge is 0.507 e.